The molecule has 0 nitrogen and oxygen atoms in total. The number of hydrogen-bond donors (Lipinski definition) is 0. The minimum atomic E-state index is -1.56. The molecule has 0 aliphatic rings. The van der Waals surface area contributed by atoms with Crippen LogP contribution in [0.2, 0.25) is 0 Å². The molecule has 0 unspecified atom stereocenters. The predicted octanol–water partition coefficient (Wildman–Crippen LogP) is 7.56. The van der Waals surface area contributed by atoms with Gasteiger partial charge in [0.25, 0.3) is 0 Å². The van der Waals surface area contributed by atoms with E-state index >= 15 is 0 Å². The Balaban J connectivity index is 0.00000126. The SMILES string of the molecule is CC.CCCc1ccc(-c2ccc(-c3cc(F)c(F)c(F)c3)c(F)c2)cc1. The van der Waals surface area contributed by atoms with Crippen molar-refractivity contribution in [3.63, 3.8) is 0 Å². The van der Waals surface area contributed by atoms with Crippen molar-refractivity contribution in [3.05, 3.63) is 83.4 Å². The highest BCUT2D eigenvalue weighted by atomic mass is 19.2. The van der Waals surface area contributed by atoms with Crippen LogP contribution < -0.4 is 0 Å². The number of halogens is 4. The average molecular weight is 374 g/mol. The zero-order valence-corrected chi connectivity index (χ0v) is 15.6. The minimum absolute atomic E-state index is 0.0177. The van der Waals surface area contributed by atoms with Crippen molar-refractivity contribution < 1.29 is 17.6 Å². The van der Waals surface area contributed by atoms with Gasteiger partial charge in [-0.05, 0) is 46.9 Å². The zero-order valence-electron chi connectivity index (χ0n) is 15.6. The Morgan fingerprint density at radius 3 is 1.67 bits per heavy atom. The summed E-state index contributed by atoms with van der Waals surface area (Å²) in [7, 11) is 0. The molecule has 0 aliphatic heterocycles. The van der Waals surface area contributed by atoms with Crippen LogP contribution in [0.1, 0.15) is 32.8 Å². The van der Waals surface area contributed by atoms with E-state index in [0.717, 1.165) is 30.5 Å². The van der Waals surface area contributed by atoms with E-state index in [1.54, 1.807) is 6.07 Å². The second kappa shape index (κ2) is 9.36. The van der Waals surface area contributed by atoms with E-state index in [1.807, 2.05) is 38.1 Å². The Morgan fingerprint density at radius 1 is 0.630 bits per heavy atom. The number of aryl methyl sites for hydroxylation is 1. The second-order valence-corrected chi connectivity index (χ2v) is 5.90. The molecule has 0 heterocycles. The summed E-state index contributed by atoms with van der Waals surface area (Å²) in [4.78, 5) is 0. The van der Waals surface area contributed by atoms with Gasteiger partial charge in [0.05, 0.1) is 0 Å². The molecule has 27 heavy (non-hydrogen) atoms. The third kappa shape index (κ3) is 4.76. The summed E-state index contributed by atoms with van der Waals surface area (Å²) in [5.74, 6) is -4.87. The quantitative estimate of drug-likeness (QED) is 0.326. The van der Waals surface area contributed by atoms with Crippen molar-refractivity contribution in [1.29, 1.82) is 0 Å². The number of hydrogen-bond acceptors (Lipinski definition) is 0. The van der Waals surface area contributed by atoms with E-state index in [0.29, 0.717) is 5.56 Å². The van der Waals surface area contributed by atoms with E-state index in [9.17, 15) is 17.6 Å². The molecule has 0 aliphatic carbocycles. The highest BCUT2D eigenvalue weighted by Gasteiger charge is 2.14. The molecule has 3 rings (SSSR count). The molecular weight excluding hydrogens is 352 g/mol. The molecular formula is C23H22F4. The van der Waals surface area contributed by atoms with Crippen LogP contribution in [0.3, 0.4) is 0 Å². The van der Waals surface area contributed by atoms with Crippen molar-refractivity contribution >= 4 is 0 Å². The lowest BCUT2D eigenvalue weighted by Crippen LogP contribution is -1.94. The van der Waals surface area contributed by atoms with Gasteiger partial charge in [-0.2, -0.15) is 0 Å². The second-order valence-electron chi connectivity index (χ2n) is 5.90. The molecule has 4 heteroatoms. The summed E-state index contributed by atoms with van der Waals surface area (Å²) >= 11 is 0. The van der Waals surface area contributed by atoms with Crippen LogP contribution in [-0.2, 0) is 6.42 Å². The molecule has 3 aromatic rings. The fourth-order valence-electron chi connectivity index (χ4n) is 2.79. The first-order valence-electron chi connectivity index (χ1n) is 9.03. The van der Waals surface area contributed by atoms with Gasteiger partial charge in [0.1, 0.15) is 5.82 Å². The largest absolute Gasteiger partial charge is 0.206 e. The topological polar surface area (TPSA) is 0 Å². The molecule has 0 saturated heterocycles. The Hall–Kier alpha value is -2.62. The van der Waals surface area contributed by atoms with Crippen LogP contribution in [0, 0.1) is 23.3 Å². The van der Waals surface area contributed by atoms with Gasteiger partial charge >= 0.3 is 0 Å². The molecule has 0 atom stereocenters. The van der Waals surface area contributed by atoms with Gasteiger partial charge in [-0.1, -0.05) is 63.6 Å². The molecule has 3 aromatic carbocycles. The van der Waals surface area contributed by atoms with E-state index in [-0.39, 0.29) is 11.1 Å². The molecule has 0 fully saturated rings. The molecule has 142 valence electrons. The first kappa shape index (κ1) is 20.7. The van der Waals surface area contributed by atoms with E-state index < -0.39 is 23.3 Å². The fourth-order valence-corrected chi connectivity index (χ4v) is 2.79. The summed E-state index contributed by atoms with van der Waals surface area (Å²) in [5, 5.41) is 0. The van der Waals surface area contributed by atoms with Gasteiger partial charge in [0, 0.05) is 5.56 Å². The molecule has 0 N–H and O–H groups in total. The Kier molecular flexibility index (Phi) is 7.17. The highest BCUT2D eigenvalue weighted by molar-refractivity contribution is 5.71. The van der Waals surface area contributed by atoms with Gasteiger partial charge in [-0.25, -0.2) is 17.6 Å². The van der Waals surface area contributed by atoms with Gasteiger partial charge in [0.2, 0.25) is 0 Å². The summed E-state index contributed by atoms with van der Waals surface area (Å²) in [6, 6.07) is 13.8. The maximum Gasteiger partial charge on any atom is 0.194 e. The third-order valence-electron chi connectivity index (χ3n) is 4.09. The van der Waals surface area contributed by atoms with Gasteiger partial charge in [-0.15, -0.1) is 0 Å². The first-order chi connectivity index (χ1) is 13.0. The molecule has 0 amide bonds. The lowest BCUT2D eigenvalue weighted by atomic mass is 9.98. The average Bonchev–Trinajstić information content (AvgIpc) is 2.68. The third-order valence-corrected chi connectivity index (χ3v) is 4.09. The summed E-state index contributed by atoms with van der Waals surface area (Å²) in [6.45, 7) is 6.10. The van der Waals surface area contributed by atoms with Crippen LogP contribution in [-0.4, -0.2) is 0 Å². The van der Waals surface area contributed by atoms with E-state index in [1.165, 1.54) is 17.7 Å². The predicted molar refractivity (Wildman–Crippen MR) is 102 cm³/mol. The lowest BCUT2D eigenvalue weighted by Gasteiger charge is -2.09. The molecule has 0 spiro atoms. The van der Waals surface area contributed by atoms with Crippen molar-refractivity contribution in [2.75, 3.05) is 0 Å². The normalized spacial score (nSPS) is 10.3. The van der Waals surface area contributed by atoms with Gasteiger partial charge in [-0.3, -0.25) is 0 Å². The monoisotopic (exact) mass is 374 g/mol. The van der Waals surface area contributed by atoms with Crippen LogP contribution in [0.5, 0.6) is 0 Å². The zero-order chi connectivity index (χ0) is 20.0. The van der Waals surface area contributed by atoms with Crippen LogP contribution in [0.15, 0.2) is 54.6 Å². The lowest BCUT2D eigenvalue weighted by molar-refractivity contribution is 0.447. The number of benzene rings is 3. The van der Waals surface area contributed by atoms with Crippen molar-refractivity contribution in [3.8, 4) is 22.3 Å². The van der Waals surface area contributed by atoms with Crippen LogP contribution in [0.4, 0.5) is 17.6 Å². The van der Waals surface area contributed by atoms with E-state index in [4.69, 9.17) is 0 Å². The molecule has 0 aromatic heterocycles. The maximum absolute atomic E-state index is 14.4. The van der Waals surface area contributed by atoms with E-state index in [2.05, 4.69) is 6.92 Å². The van der Waals surface area contributed by atoms with Crippen molar-refractivity contribution in [2.45, 2.75) is 33.6 Å². The summed E-state index contributed by atoms with van der Waals surface area (Å²) < 4.78 is 54.2. The maximum atomic E-state index is 14.4. The Bertz CT molecular complexity index is 876. The van der Waals surface area contributed by atoms with Gasteiger partial charge in [0.15, 0.2) is 17.5 Å². The Morgan fingerprint density at radius 2 is 1.15 bits per heavy atom. The molecule has 0 saturated carbocycles. The molecule has 0 bridgehead atoms. The van der Waals surface area contributed by atoms with Gasteiger partial charge < -0.3 is 0 Å². The fraction of sp³-hybridized carbons (Fsp3) is 0.217. The van der Waals surface area contributed by atoms with Crippen molar-refractivity contribution in [1.82, 2.24) is 0 Å². The first-order valence-corrected chi connectivity index (χ1v) is 9.03. The smallest absolute Gasteiger partial charge is 0.194 e. The van der Waals surface area contributed by atoms with Crippen LogP contribution >= 0.6 is 0 Å². The summed E-state index contributed by atoms with van der Waals surface area (Å²) in [5.41, 5.74) is 2.69. The van der Waals surface area contributed by atoms with Crippen LogP contribution in [0.25, 0.3) is 22.3 Å². The van der Waals surface area contributed by atoms with Crippen molar-refractivity contribution in [2.24, 2.45) is 0 Å². The minimum Gasteiger partial charge on any atom is -0.206 e. The number of rotatable bonds is 4. The summed E-state index contributed by atoms with van der Waals surface area (Å²) in [6.07, 6.45) is 2.03. The standard InChI is InChI=1S/C21H16F4.C2H6/c1-2-3-13-4-6-14(7-5-13)15-8-9-17(18(22)10-15)16-11-19(23)21(25)20(24)12-16;1-2/h4-12H,2-3H2,1H3;1-2H3. The Labute approximate surface area is 157 Å². The highest BCUT2D eigenvalue weighted by Crippen LogP contribution is 2.30. The molecule has 0 radical (unpaired) electrons.